The lowest BCUT2D eigenvalue weighted by molar-refractivity contribution is 0.589. The summed E-state index contributed by atoms with van der Waals surface area (Å²) in [5, 5.41) is 0.903. The molecule has 30 heavy (non-hydrogen) atoms. The minimum absolute atomic E-state index is 0.272. The second-order valence-corrected chi connectivity index (χ2v) is 8.90. The molecule has 0 N–H and O–H groups in total. The Balaban J connectivity index is 1.79. The van der Waals surface area contributed by atoms with Crippen molar-refractivity contribution in [1.29, 1.82) is 0 Å². The van der Waals surface area contributed by atoms with Gasteiger partial charge in [0.25, 0.3) is 10.0 Å². The lowest BCUT2D eigenvalue weighted by atomic mass is 9.94. The molecule has 0 fully saturated rings. The Morgan fingerprint density at radius 2 is 1.10 bits per heavy atom. The van der Waals surface area contributed by atoms with E-state index in [2.05, 4.69) is 18.2 Å². The summed E-state index contributed by atoms with van der Waals surface area (Å²) in [5.74, 6) is 0. The first kappa shape index (κ1) is 18.4. The Bertz CT molecular complexity index is 1440. The molecule has 0 spiro atoms. The zero-order chi connectivity index (χ0) is 20.6. The summed E-state index contributed by atoms with van der Waals surface area (Å²) in [7, 11) is -3.71. The Labute approximate surface area is 175 Å². The number of fused-ring (bicyclic) bond motifs is 1. The first-order valence-electron chi connectivity index (χ1n) is 9.72. The maximum Gasteiger partial charge on any atom is 0.268 e. The molecule has 3 nitrogen and oxygen atoms in total. The van der Waals surface area contributed by atoms with Gasteiger partial charge >= 0.3 is 0 Å². The fourth-order valence-electron chi connectivity index (χ4n) is 3.86. The Kier molecular flexibility index (Phi) is 4.49. The van der Waals surface area contributed by atoms with Crippen molar-refractivity contribution in [3.8, 4) is 22.3 Å². The van der Waals surface area contributed by atoms with Gasteiger partial charge < -0.3 is 0 Å². The predicted octanol–water partition coefficient (Wildman–Crippen LogP) is 6.21. The van der Waals surface area contributed by atoms with E-state index in [1.807, 2.05) is 66.7 Å². The molecule has 5 aromatic rings. The third-order valence-corrected chi connectivity index (χ3v) is 6.97. The molecule has 0 saturated heterocycles. The SMILES string of the molecule is O=S(=O)(c1ccccc1)n1cc(-c2ccccc2-c2ccccc2)c2ccccc21. The van der Waals surface area contributed by atoms with E-state index in [-0.39, 0.29) is 4.90 Å². The highest BCUT2D eigenvalue weighted by molar-refractivity contribution is 7.90. The third-order valence-electron chi connectivity index (χ3n) is 5.28. The molecular formula is C26H19NO2S. The van der Waals surface area contributed by atoms with Crippen LogP contribution < -0.4 is 0 Å². The fourth-order valence-corrected chi connectivity index (χ4v) is 5.25. The van der Waals surface area contributed by atoms with Crippen molar-refractivity contribution < 1.29 is 8.42 Å². The average molecular weight is 410 g/mol. The first-order valence-corrected chi connectivity index (χ1v) is 11.2. The number of rotatable bonds is 4. The summed E-state index contributed by atoms with van der Waals surface area (Å²) >= 11 is 0. The Morgan fingerprint density at radius 3 is 1.83 bits per heavy atom. The number of nitrogens with zero attached hydrogens (tertiary/aromatic N) is 1. The molecule has 0 aliphatic carbocycles. The molecule has 4 heteroatoms. The largest absolute Gasteiger partial charge is 0.268 e. The quantitative estimate of drug-likeness (QED) is 0.354. The number of benzene rings is 4. The second kappa shape index (κ2) is 7.32. The molecule has 4 aromatic carbocycles. The third kappa shape index (κ3) is 3.02. The van der Waals surface area contributed by atoms with Gasteiger partial charge in [-0.05, 0) is 34.9 Å². The van der Waals surface area contributed by atoms with Crippen LogP contribution in [0.15, 0.2) is 120 Å². The van der Waals surface area contributed by atoms with Crippen molar-refractivity contribution in [2.24, 2.45) is 0 Å². The van der Waals surface area contributed by atoms with Crippen LogP contribution in [0.2, 0.25) is 0 Å². The van der Waals surface area contributed by atoms with Crippen molar-refractivity contribution >= 4 is 20.9 Å². The second-order valence-electron chi connectivity index (χ2n) is 7.09. The molecule has 0 saturated carbocycles. The van der Waals surface area contributed by atoms with Crippen LogP contribution in [0.25, 0.3) is 33.2 Å². The molecule has 0 aliphatic heterocycles. The molecule has 0 bridgehead atoms. The lowest BCUT2D eigenvalue weighted by Crippen LogP contribution is -2.11. The molecule has 0 radical (unpaired) electrons. The van der Waals surface area contributed by atoms with Gasteiger partial charge in [-0.3, -0.25) is 0 Å². The fraction of sp³-hybridized carbons (Fsp3) is 0. The van der Waals surface area contributed by atoms with Crippen molar-refractivity contribution in [2.45, 2.75) is 4.90 Å². The van der Waals surface area contributed by atoms with E-state index >= 15 is 0 Å². The van der Waals surface area contributed by atoms with E-state index in [1.165, 1.54) is 3.97 Å². The van der Waals surface area contributed by atoms with Crippen molar-refractivity contribution in [2.75, 3.05) is 0 Å². The molecule has 0 atom stereocenters. The molecule has 0 amide bonds. The molecule has 0 unspecified atom stereocenters. The standard InChI is InChI=1S/C26H19NO2S/c28-30(29,21-13-5-2-6-14-21)27-19-25(24-17-9-10-18-26(24)27)23-16-8-7-15-22(23)20-11-3-1-4-12-20/h1-19H. The van der Waals surface area contributed by atoms with Crippen molar-refractivity contribution in [3.05, 3.63) is 115 Å². The van der Waals surface area contributed by atoms with Crippen molar-refractivity contribution in [1.82, 2.24) is 3.97 Å². The van der Waals surface area contributed by atoms with E-state index in [0.29, 0.717) is 5.52 Å². The maximum atomic E-state index is 13.4. The van der Waals surface area contributed by atoms with Gasteiger partial charge in [0.15, 0.2) is 0 Å². The number of para-hydroxylation sites is 1. The molecule has 1 aromatic heterocycles. The summed E-state index contributed by atoms with van der Waals surface area (Å²) in [5.41, 5.74) is 4.72. The number of hydrogen-bond donors (Lipinski definition) is 0. The maximum absolute atomic E-state index is 13.4. The minimum Gasteiger partial charge on any atom is -0.241 e. The van der Waals surface area contributed by atoms with Gasteiger partial charge in [0, 0.05) is 17.1 Å². The monoisotopic (exact) mass is 409 g/mol. The van der Waals surface area contributed by atoms with Gasteiger partial charge in [0.1, 0.15) is 0 Å². The molecule has 1 heterocycles. The number of hydrogen-bond acceptors (Lipinski definition) is 2. The molecule has 0 aliphatic rings. The van der Waals surface area contributed by atoms with E-state index in [9.17, 15) is 8.42 Å². The summed E-state index contributed by atoms with van der Waals surface area (Å²) in [6.07, 6.45) is 1.74. The minimum atomic E-state index is -3.71. The van der Waals surface area contributed by atoms with Gasteiger partial charge in [0.2, 0.25) is 0 Å². The van der Waals surface area contributed by atoms with E-state index in [0.717, 1.165) is 27.6 Å². The van der Waals surface area contributed by atoms with Crippen LogP contribution in [-0.4, -0.2) is 12.4 Å². The van der Waals surface area contributed by atoms with Gasteiger partial charge in [-0.2, -0.15) is 0 Å². The molecule has 146 valence electrons. The summed E-state index contributed by atoms with van der Waals surface area (Å²) in [6.45, 7) is 0. The zero-order valence-electron chi connectivity index (χ0n) is 16.1. The van der Waals surface area contributed by atoms with Gasteiger partial charge in [0.05, 0.1) is 10.4 Å². The smallest absolute Gasteiger partial charge is 0.241 e. The first-order chi connectivity index (χ1) is 14.7. The average Bonchev–Trinajstić information content (AvgIpc) is 3.21. The lowest BCUT2D eigenvalue weighted by Gasteiger charge is -2.09. The Morgan fingerprint density at radius 1 is 0.533 bits per heavy atom. The van der Waals surface area contributed by atoms with E-state index in [1.54, 1.807) is 30.5 Å². The summed E-state index contributed by atoms with van der Waals surface area (Å²) in [4.78, 5) is 0.272. The Hall–Kier alpha value is -3.63. The molecule has 5 rings (SSSR count). The van der Waals surface area contributed by atoms with Gasteiger partial charge in [-0.1, -0.05) is 91.0 Å². The van der Waals surface area contributed by atoms with Crippen molar-refractivity contribution in [3.63, 3.8) is 0 Å². The van der Waals surface area contributed by atoms with Crippen LogP contribution in [0.3, 0.4) is 0 Å². The predicted molar refractivity (Wildman–Crippen MR) is 122 cm³/mol. The highest BCUT2D eigenvalue weighted by Gasteiger charge is 2.22. The highest BCUT2D eigenvalue weighted by atomic mass is 32.2. The topological polar surface area (TPSA) is 39.1 Å². The number of aromatic nitrogens is 1. The summed E-state index contributed by atoms with van der Waals surface area (Å²) in [6, 6.07) is 34.4. The van der Waals surface area contributed by atoms with Crippen LogP contribution in [0.4, 0.5) is 0 Å². The van der Waals surface area contributed by atoms with Gasteiger partial charge in [-0.25, -0.2) is 12.4 Å². The molecular weight excluding hydrogens is 390 g/mol. The van der Waals surface area contributed by atoms with Crippen LogP contribution in [0.1, 0.15) is 0 Å². The van der Waals surface area contributed by atoms with E-state index in [4.69, 9.17) is 0 Å². The normalized spacial score (nSPS) is 11.6. The van der Waals surface area contributed by atoms with E-state index < -0.39 is 10.0 Å². The zero-order valence-corrected chi connectivity index (χ0v) is 17.0. The highest BCUT2D eigenvalue weighted by Crippen LogP contribution is 2.38. The van der Waals surface area contributed by atoms with Crippen LogP contribution in [0.5, 0.6) is 0 Å². The van der Waals surface area contributed by atoms with Crippen LogP contribution >= 0.6 is 0 Å². The van der Waals surface area contributed by atoms with Gasteiger partial charge in [-0.15, -0.1) is 0 Å². The van der Waals surface area contributed by atoms with Crippen LogP contribution in [0, 0.1) is 0 Å². The summed E-state index contributed by atoms with van der Waals surface area (Å²) < 4.78 is 28.2. The van der Waals surface area contributed by atoms with Crippen LogP contribution in [-0.2, 0) is 10.0 Å².